The van der Waals surface area contributed by atoms with Gasteiger partial charge in [-0.15, -0.1) is 0 Å². The van der Waals surface area contributed by atoms with Crippen LogP contribution >= 0.6 is 0 Å². The molecule has 2 heterocycles. The molecule has 2 nitrogen and oxygen atoms in total. The molecule has 1 spiro atoms. The van der Waals surface area contributed by atoms with Crippen LogP contribution < -0.4 is 0 Å². The van der Waals surface area contributed by atoms with Gasteiger partial charge in [0.05, 0.1) is 5.66 Å². The van der Waals surface area contributed by atoms with E-state index in [1.165, 1.54) is 58.3 Å². The number of rotatable bonds is 0. The zero-order chi connectivity index (χ0) is 8.02. The molecular weight excluding hydrogens is 148 g/mol. The molecule has 0 aromatic rings. The fourth-order valence-corrected chi connectivity index (χ4v) is 3.23. The molecule has 68 valence electrons. The smallest absolute Gasteiger partial charge is 0.0738 e. The van der Waals surface area contributed by atoms with Gasteiger partial charge in [0.2, 0.25) is 0 Å². The van der Waals surface area contributed by atoms with Crippen LogP contribution in [-0.2, 0) is 0 Å². The maximum Gasteiger partial charge on any atom is 0.0738 e. The van der Waals surface area contributed by atoms with Crippen LogP contribution in [0.1, 0.15) is 32.1 Å². The van der Waals surface area contributed by atoms with Gasteiger partial charge in [0.15, 0.2) is 0 Å². The fraction of sp³-hybridized carbons (Fsp3) is 1.00. The molecule has 2 unspecified atom stereocenters. The monoisotopic (exact) mass is 166 g/mol. The van der Waals surface area contributed by atoms with Gasteiger partial charge in [0.25, 0.3) is 0 Å². The molecule has 0 amide bonds. The van der Waals surface area contributed by atoms with E-state index in [1.807, 2.05) is 0 Å². The molecule has 0 aromatic heterocycles. The lowest BCUT2D eigenvalue weighted by atomic mass is 9.83. The first kappa shape index (κ1) is 7.34. The zero-order valence-electron chi connectivity index (χ0n) is 7.76. The van der Waals surface area contributed by atoms with Gasteiger partial charge in [0.1, 0.15) is 0 Å². The lowest BCUT2D eigenvalue weighted by Crippen LogP contribution is -2.57. The Morgan fingerprint density at radius 3 is 1.67 bits per heavy atom. The molecule has 0 aromatic carbocycles. The summed E-state index contributed by atoms with van der Waals surface area (Å²) in [5.41, 5.74) is 0.580. The third kappa shape index (κ3) is 0.775. The van der Waals surface area contributed by atoms with Crippen LogP contribution in [0.3, 0.4) is 0 Å². The van der Waals surface area contributed by atoms with Crippen molar-refractivity contribution in [2.24, 2.45) is 0 Å². The quantitative estimate of drug-likeness (QED) is 0.535. The lowest BCUT2D eigenvalue weighted by Gasteiger charge is -2.49. The summed E-state index contributed by atoms with van der Waals surface area (Å²) in [6.45, 7) is 5.44. The second-order valence-corrected chi connectivity index (χ2v) is 4.52. The third-order valence-corrected chi connectivity index (χ3v) is 4.08. The van der Waals surface area contributed by atoms with Crippen molar-refractivity contribution in [2.45, 2.75) is 37.8 Å². The number of hydrogen-bond donors (Lipinski definition) is 0. The molecule has 2 heteroatoms. The summed E-state index contributed by atoms with van der Waals surface area (Å²) in [4.78, 5) is 5.51. The minimum atomic E-state index is 0.580. The van der Waals surface area contributed by atoms with Crippen LogP contribution in [-0.4, -0.2) is 41.6 Å². The van der Waals surface area contributed by atoms with Gasteiger partial charge in [0, 0.05) is 13.1 Å². The van der Waals surface area contributed by atoms with E-state index in [4.69, 9.17) is 0 Å². The average molecular weight is 166 g/mol. The number of hydrogen-bond acceptors (Lipinski definition) is 2. The summed E-state index contributed by atoms with van der Waals surface area (Å²) < 4.78 is 0. The summed E-state index contributed by atoms with van der Waals surface area (Å²) in [5.74, 6) is 0. The van der Waals surface area contributed by atoms with Crippen LogP contribution in [0.5, 0.6) is 0 Å². The highest BCUT2D eigenvalue weighted by molar-refractivity contribution is 5.03. The molecule has 2 aliphatic heterocycles. The SMILES string of the molecule is C1CCN2CCN(C1)C21CCC1. The first-order valence-corrected chi connectivity index (χ1v) is 5.42. The Hall–Kier alpha value is -0.0800. The van der Waals surface area contributed by atoms with Gasteiger partial charge in [-0.3, -0.25) is 9.80 Å². The molecule has 3 rings (SSSR count). The summed E-state index contributed by atoms with van der Waals surface area (Å²) in [7, 11) is 0. The Kier molecular flexibility index (Phi) is 1.50. The molecule has 3 fully saturated rings. The maximum absolute atomic E-state index is 2.75. The van der Waals surface area contributed by atoms with Crippen molar-refractivity contribution >= 4 is 0 Å². The summed E-state index contributed by atoms with van der Waals surface area (Å²) >= 11 is 0. The Morgan fingerprint density at radius 1 is 0.667 bits per heavy atom. The van der Waals surface area contributed by atoms with E-state index in [1.54, 1.807) is 0 Å². The molecule has 3 aliphatic rings. The molecule has 2 atom stereocenters. The Morgan fingerprint density at radius 2 is 1.25 bits per heavy atom. The summed E-state index contributed by atoms with van der Waals surface area (Å²) in [5, 5.41) is 0. The van der Waals surface area contributed by atoms with Crippen molar-refractivity contribution in [2.75, 3.05) is 26.2 Å². The van der Waals surface area contributed by atoms with Gasteiger partial charge in [-0.2, -0.15) is 0 Å². The molecule has 0 radical (unpaired) electrons. The Bertz CT molecular complexity index is 170. The van der Waals surface area contributed by atoms with E-state index >= 15 is 0 Å². The van der Waals surface area contributed by atoms with Crippen molar-refractivity contribution in [3.63, 3.8) is 0 Å². The highest BCUT2D eigenvalue weighted by atomic mass is 15.5. The fourth-order valence-electron chi connectivity index (χ4n) is 3.23. The molecular formula is C10H18N2. The van der Waals surface area contributed by atoms with Gasteiger partial charge in [-0.1, -0.05) is 0 Å². The zero-order valence-corrected chi connectivity index (χ0v) is 7.76. The molecule has 2 saturated heterocycles. The third-order valence-electron chi connectivity index (χ3n) is 4.08. The Balaban J connectivity index is 1.89. The van der Waals surface area contributed by atoms with Crippen LogP contribution in [0.15, 0.2) is 0 Å². The van der Waals surface area contributed by atoms with Gasteiger partial charge in [-0.05, 0) is 45.2 Å². The molecule has 0 N–H and O–H groups in total. The van der Waals surface area contributed by atoms with Gasteiger partial charge < -0.3 is 0 Å². The van der Waals surface area contributed by atoms with Gasteiger partial charge in [-0.25, -0.2) is 0 Å². The van der Waals surface area contributed by atoms with Crippen LogP contribution in [0.4, 0.5) is 0 Å². The molecule has 2 bridgehead atoms. The minimum Gasteiger partial charge on any atom is -0.284 e. The van der Waals surface area contributed by atoms with Crippen LogP contribution in [0.25, 0.3) is 0 Å². The van der Waals surface area contributed by atoms with E-state index in [0.717, 1.165) is 0 Å². The maximum atomic E-state index is 2.75. The van der Waals surface area contributed by atoms with Crippen molar-refractivity contribution in [1.82, 2.24) is 9.80 Å². The van der Waals surface area contributed by atoms with Crippen molar-refractivity contribution in [1.29, 1.82) is 0 Å². The number of nitrogens with zero attached hydrogens (tertiary/aromatic N) is 2. The van der Waals surface area contributed by atoms with Crippen molar-refractivity contribution < 1.29 is 0 Å². The first-order chi connectivity index (χ1) is 5.92. The first-order valence-electron chi connectivity index (χ1n) is 5.42. The predicted octanol–water partition coefficient (Wildman–Crippen LogP) is 1.28. The topological polar surface area (TPSA) is 6.48 Å². The summed E-state index contributed by atoms with van der Waals surface area (Å²) in [6.07, 6.45) is 7.23. The van der Waals surface area contributed by atoms with E-state index in [9.17, 15) is 0 Å². The Labute approximate surface area is 74.5 Å². The second-order valence-electron chi connectivity index (χ2n) is 4.52. The molecule has 1 aliphatic carbocycles. The van der Waals surface area contributed by atoms with Crippen molar-refractivity contribution in [3.8, 4) is 0 Å². The normalized spacial score (nSPS) is 44.0. The standard InChI is InChI=1S/C10H18N2/c1-2-7-12-9-8-11(6-1)10(12)4-3-5-10/h1-9H2. The molecule has 12 heavy (non-hydrogen) atoms. The highest BCUT2D eigenvalue weighted by Crippen LogP contribution is 2.45. The second kappa shape index (κ2) is 2.46. The minimum absolute atomic E-state index is 0.580. The largest absolute Gasteiger partial charge is 0.284 e. The highest BCUT2D eigenvalue weighted by Gasteiger charge is 2.51. The predicted molar refractivity (Wildman–Crippen MR) is 49.0 cm³/mol. The molecule has 1 saturated carbocycles. The van der Waals surface area contributed by atoms with Crippen LogP contribution in [0.2, 0.25) is 0 Å². The van der Waals surface area contributed by atoms with Crippen molar-refractivity contribution in [3.05, 3.63) is 0 Å². The van der Waals surface area contributed by atoms with E-state index in [-0.39, 0.29) is 0 Å². The van der Waals surface area contributed by atoms with Crippen LogP contribution in [0, 0.1) is 0 Å². The average Bonchev–Trinajstić information content (AvgIpc) is 2.18. The summed E-state index contributed by atoms with van der Waals surface area (Å²) in [6, 6.07) is 0. The van der Waals surface area contributed by atoms with E-state index in [0.29, 0.717) is 5.66 Å². The van der Waals surface area contributed by atoms with E-state index in [2.05, 4.69) is 9.80 Å². The van der Waals surface area contributed by atoms with Gasteiger partial charge >= 0.3 is 0 Å². The lowest BCUT2D eigenvalue weighted by molar-refractivity contribution is -0.0417. The van der Waals surface area contributed by atoms with E-state index < -0.39 is 0 Å².